The Labute approximate surface area is 260 Å². The van der Waals surface area contributed by atoms with E-state index in [0.29, 0.717) is 24.3 Å². The Kier molecular flexibility index (Phi) is 11.3. The number of carboxylic acids is 1. The highest BCUT2D eigenvalue weighted by molar-refractivity contribution is 5.82. The summed E-state index contributed by atoms with van der Waals surface area (Å²) in [5.41, 5.74) is 5.63. The van der Waals surface area contributed by atoms with Gasteiger partial charge in [-0.2, -0.15) is 23.5 Å². The fourth-order valence-electron chi connectivity index (χ4n) is 5.35. The van der Waals surface area contributed by atoms with Gasteiger partial charge in [0.05, 0.1) is 24.0 Å². The number of benzene rings is 2. The van der Waals surface area contributed by atoms with Crippen molar-refractivity contribution in [3.05, 3.63) is 83.6 Å². The molecule has 4 aromatic rings. The first-order valence-electron chi connectivity index (χ1n) is 14.8. The molecule has 0 amide bonds. The second kappa shape index (κ2) is 15.3. The molecule has 5 rings (SSSR count). The maximum absolute atomic E-state index is 10.6. The Morgan fingerprint density at radius 1 is 1.07 bits per heavy atom. The van der Waals surface area contributed by atoms with E-state index < -0.39 is 12.1 Å². The zero-order valence-corrected chi connectivity index (χ0v) is 25.2. The lowest BCUT2D eigenvalue weighted by molar-refractivity contribution is -0.192. The Morgan fingerprint density at radius 3 is 2.31 bits per heavy atom. The Balaban J connectivity index is 0.000000591. The van der Waals surface area contributed by atoms with Crippen LogP contribution >= 0.6 is 0 Å². The second-order valence-electron chi connectivity index (χ2n) is 10.7. The molecule has 4 N–H and O–H groups in total. The lowest BCUT2D eigenvalue weighted by atomic mass is 9.90. The number of hydrogen-bond acceptors (Lipinski definition) is 7. The Hall–Kier alpha value is -4.76. The number of nitriles is 1. The first kappa shape index (κ1) is 33.1. The monoisotopic (exact) mass is 622 g/mol. The first-order chi connectivity index (χ1) is 21.6. The van der Waals surface area contributed by atoms with Gasteiger partial charge in [0, 0.05) is 23.3 Å². The van der Waals surface area contributed by atoms with Gasteiger partial charge in [-0.25, -0.2) is 9.31 Å². The summed E-state index contributed by atoms with van der Waals surface area (Å²) in [5.74, 6) is -1.06. The number of aliphatic carboxylic acids is 1. The number of carbonyl (C=O) groups is 1. The van der Waals surface area contributed by atoms with Crippen LogP contribution < -0.4 is 20.7 Å². The van der Waals surface area contributed by atoms with Crippen molar-refractivity contribution in [2.45, 2.75) is 64.2 Å². The van der Waals surface area contributed by atoms with E-state index in [4.69, 9.17) is 14.6 Å². The van der Waals surface area contributed by atoms with Crippen molar-refractivity contribution < 1.29 is 27.8 Å². The molecular formula is C33H37F3N6O3. The number of alkyl halides is 3. The number of nitrogens with zero attached hydrogens (tertiary/aromatic N) is 3. The number of nitrogens with one attached hydrogen (secondary N) is 3. The van der Waals surface area contributed by atoms with Crippen LogP contribution in [-0.2, 0) is 11.2 Å². The summed E-state index contributed by atoms with van der Waals surface area (Å²) in [4.78, 5) is 8.90. The van der Waals surface area contributed by atoms with Crippen molar-refractivity contribution in [3.8, 4) is 11.8 Å². The van der Waals surface area contributed by atoms with Crippen LogP contribution in [0.15, 0.2) is 66.9 Å². The standard InChI is InChI=1S/C31H36N6O.C2HF3O2/c1-3-38-27-15-13-26(14-16-27)36-31-22(2)30(28(21-32)29-18-20-34-37(29)31)35-25-11-9-24(10-12-25)33-19-17-23-7-5-4-6-8-23;3-2(4,5)1(6)7/h4-8,13-16,18,20,24-25,33,35-36H,3,9-12,17,19H2,1-2H3;(H,6,7). The number of ether oxygens (including phenoxy) is 1. The number of carboxylic acid groups (broad SMARTS) is 1. The molecular weight excluding hydrogens is 585 g/mol. The van der Waals surface area contributed by atoms with E-state index in [1.54, 1.807) is 6.20 Å². The normalized spacial score (nSPS) is 16.3. The number of rotatable bonds is 10. The molecule has 0 bridgehead atoms. The summed E-state index contributed by atoms with van der Waals surface area (Å²) in [5, 5.41) is 32.8. The topological polar surface area (TPSA) is 124 Å². The number of hydrogen-bond donors (Lipinski definition) is 4. The third-order valence-corrected chi connectivity index (χ3v) is 7.64. The molecule has 0 atom stereocenters. The minimum absolute atomic E-state index is 0.330. The highest BCUT2D eigenvalue weighted by atomic mass is 19.4. The highest BCUT2D eigenvalue weighted by Gasteiger charge is 2.38. The number of aromatic nitrogens is 2. The van der Waals surface area contributed by atoms with Crippen LogP contribution in [0, 0.1) is 18.3 Å². The smallest absolute Gasteiger partial charge is 0.490 e. The van der Waals surface area contributed by atoms with E-state index in [0.717, 1.165) is 72.7 Å². The molecule has 0 spiro atoms. The second-order valence-corrected chi connectivity index (χ2v) is 10.7. The molecule has 238 valence electrons. The van der Waals surface area contributed by atoms with Crippen LogP contribution in [-0.4, -0.2) is 52.1 Å². The van der Waals surface area contributed by atoms with Gasteiger partial charge < -0.3 is 25.8 Å². The summed E-state index contributed by atoms with van der Waals surface area (Å²) in [7, 11) is 0. The third kappa shape index (κ3) is 8.89. The molecule has 1 saturated carbocycles. The van der Waals surface area contributed by atoms with E-state index in [2.05, 4.69) is 64.4 Å². The van der Waals surface area contributed by atoms with Crippen LogP contribution in [0.1, 0.15) is 49.3 Å². The van der Waals surface area contributed by atoms with Gasteiger partial charge in [0.2, 0.25) is 0 Å². The maximum Gasteiger partial charge on any atom is 0.490 e. The fourth-order valence-corrected chi connectivity index (χ4v) is 5.35. The van der Waals surface area contributed by atoms with E-state index in [9.17, 15) is 18.4 Å². The van der Waals surface area contributed by atoms with Gasteiger partial charge in [-0.1, -0.05) is 30.3 Å². The molecule has 1 fully saturated rings. The summed E-state index contributed by atoms with van der Waals surface area (Å²) < 4.78 is 39.1. The summed E-state index contributed by atoms with van der Waals surface area (Å²) in [6, 6.07) is 23.8. The summed E-state index contributed by atoms with van der Waals surface area (Å²) >= 11 is 0. The number of anilines is 3. The van der Waals surface area contributed by atoms with Gasteiger partial charge in [0.1, 0.15) is 23.2 Å². The Bertz CT molecular complexity index is 1590. The zero-order valence-electron chi connectivity index (χ0n) is 25.2. The quantitative estimate of drug-likeness (QED) is 0.152. The van der Waals surface area contributed by atoms with Gasteiger partial charge in [0.25, 0.3) is 0 Å². The SMILES string of the molecule is CCOc1ccc(Nc2c(C)c(NC3CCC(NCCc4ccccc4)CC3)c(C#N)c3ccnn23)cc1.O=C(O)C(F)(F)F. The van der Waals surface area contributed by atoms with E-state index in [-0.39, 0.29) is 0 Å². The van der Waals surface area contributed by atoms with E-state index >= 15 is 0 Å². The van der Waals surface area contributed by atoms with Crippen molar-refractivity contribution in [3.63, 3.8) is 0 Å². The van der Waals surface area contributed by atoms with E-state index in [1.807, 2.05) is 41.8 Å². The molecule has 9 nitrogen and oxygen atoms in total. The van der Waals surface area contributed by atoms with Crippen LogP contribution in [0.4, 0.5) is 30.4 Å². The average molecular weight is 623 g/mol. The van der Waals surface area contributed by atoms with Crippen LogP contribution in [0.2, 0.25) is 0 Å². The lowest BCUT2D eigenvalue weighted by Crippen LogP contribution is -2.38. The number of fused-ring (bicyclic) bond motifs is 1. The van der Waals surface area contributed by atoms with Gasteiger partial charge in [0.15, 0.2) is 0 Å². The third-order valence-electron chi connectivity index (χ3n) is 7.64. The van der Waals surface area contributed by atoms with Crippen molar-refractivity contribution in [2.75, 3.05) is 23.8 Å². The molecule has 2 heterocycles. The molecule has 0 radical (unpaired) electrons. The minimum atomic E-state index is -5.08. The molecule has 45 heavy (non-hydrogen) atoms. The van der Waals surface area contributed by atoms with Gasteiger partial charge in [-0.3, -0.25) is 0 Å². The molecule has 2 aromatic carbocycles. The summed E-state index contributed by atoms with van der Waals surface area (Å²) in [6.45, 7) is 5.67. The van der Waals surface area contributed by atoms with E-state index in [1.165, 1.54) is 5.56 Å². The predicted octanol–water partition coefficient (Wildman–Crippen LogP) is 6.85. The molecule has 1 aliphatic carbocycles. The van der Waals surface area contributed by atoms with Crippen molar-refractivity contribution in [1.82, 2.24) is 14.9 Å². The van der Waals surface area contributed by atoms with Crippen LogP contribution in [0.25, 0.3) is 5.52 Å². The zero-order chi connectivity index (χ0) is 32.4. The molecule has 1 aliphatic rings. The number of halogens is 3. The maximum atomic E-state index is 10.6. The van der Waals surface area contributed by atoms with Crippen molar-refractivity contribution in [2.24, 2.45) is 0 Å². The molecule has 0 saturated heterocycles. The van der Waals surface area contributed by atoms with Gasteiger partial charge in [-0.05, 0) is 88.4 Å². The first-order valence-corrected chi connectivity index (χ1v) is 14.8. The molecule has 2 aromatic heterocycles. The average Bonchev–Trinajstić information content (AvgIpc) is 3.51. The van der Waals surface area contributed by atoms with Crippen molar-refractivity contribution >= 4 is 28.7 Å². The fraction of sp³-hybridized carbons (Fsp3) is 0.364. The predicted molar refractivity (Wildman–Crippen MR) is 167 cm³/mol. The molecule has 12 heteroatoms. The largest absolute Gasteiger partial charge is 0.494 e. The van der Waals surface area contributed by atoms with Crippen LogP contribution in [0.3, 0.4) is 0 Å². The Morgan fingerprint density at radius 2 is 1.71 bits per heavy atom. The minimum Gasteiger partial charge on any atom is -0.494 e. The number of pyridine rings is 1. The summed E-state index contributed by atoms with van der Waals surface area (Å²) in [6.07, 6.45) is 2.10. The van der Waals surface area contributed by atoms with Gasteiger partial charge in [-0.15, -0.1) is 0 Å². The van der Waals surface area contributed by atoms with Crippen molar-refractivity contribution in [1.29, 1.82) is 5.26 Å². The lowest BCUT2D eigenvalue weighted by Gasteiger charge is -2.31. The van der Waals surface area contributed by atoms with Gasteiger partial charge >= 0.3 is 12.1 Å². The molecule has 0 aliphatic heterocycles. The molecule has 0 unspecified atom stereocenters. The highest BCUT2D eigenvalue weighted by Crippen LogP contribution is 2.35. The van der Waals surface area contributed by atoms with Crippen LogP contribution in [0.5, 0.6) is 5.75 Å².